The minimum absolute atomic E-state index is 0.129. The maximum Gasteiger partial charge on any atom is 0.260 e. The fourth-order valence-electron chi connectivity index (χ4n) is 3.17. The molecule has 1 aromatic heterocycles. The molecule has 2 amide bonds. The monoisotopic (exact) mass is 422 g/mol. The Labute approximate surface area is 178 Å². The molecule has 9 heteroatoms. The third-order valence-corrected chi connectivity index (χ3v) is 5.00. The highest BCUT2D eigenvalue weighted by atomic mass is 16.5. The van der Waals surface area contributed by atoms with Gasteiger partial charge in [-0.2, -0.15) is 5.10 Å². The van der Waals surface area contributed by atoms with Gasteiger partial charge in [0, 0.05) is 44.1 Å². The van der Waals surface area contributed by atoms with Gasteiger partial charge in [-0.15, -0.1) is 0 Å². The fourth-order valence-corrected chi connectivity index (χ4v) is 3.17. The standard InChI is InChI=1S/C22H22N4O5/c1-22(2)26(4)21(29)17-6-5-15(12-18(17)31-22)30-16-10-13(9-14(27)11-16)20(28)23-19-7-8-25(3)24-19/h5-12,27H,1-4H3,(H,23,24,28). The highest BCUT2D eigenvalue weighted by molar-refractivity contribution is 6.04. The second kappa shape index (κ2) is 7.35. The molecule has 4 rings (SSSR count). The molecule has 160 valence electrons. The maximum absolute atomic E-state index is 12.5. The molecule has 0 bridgehead atoms. The molecular formula is C22H22N4O5. The number of nitrogens with one attached hydrogen (secondary N) is 1. The van der Waals surface area contributed by atoms with E-state index in [4.69, 9.17) is 9.47 Å². The summed E-state index contributed by atoms with van der Waals surface area (Å²) < 4.78 is 13.3. The van der Waals surface area contributed by atoms with Crippen molar-refractivity contribution in [3.05, 3.63) is 59.8 Å². The predicted octanol–water partition coefficient (Wildman–Crippen LogP) is 3.37. The number of hydrogen-bond donors (Lipinski definition) is 2. The zero-order valence-corrected chi connectivity index (χ0v) is 17.5. The van der Waals surface area contributed by atoms with Gasteiger partial charge in [-0.3, -0.25) is 14.3 Å². The van der Waals surface area contributed by atoms with Gasteiger partial charge in [0.05, 0.1) is 5.56 Å². The number of benzene rings is 2. The second-order valence-electron chi connectivity index (χ2n) is 7.72. The SMILES string of the molecule is CN1C(=O)c2ccc(Oc3cc(O)cc(C(=O)Nc4ccn(C)n4)c3)cc2OC1(C)C. The largest absolute Gasteiger partial charge is 0.508 e. The van der Waals surface area contributed by atoms with Crippen LogP contribution in [0.2, 0.25) is 0 Å². The van der Waals surface area contributed by atoms with E-state index >= 15 is 0 Å². The Bertz CT molecular complexity index is 1180. The van der Waals surface area contributed by atoms with E-state index in [0.29, 0.717) is 22.9 Å². The van der Waals surface area contributed by atoms with Crippen LogP contribution in [-0.4, -0.2) is 44.4 Å². The van der Waals surface area contributed by atoms with Crippen molar-refractivity contribution in [3.63, 3.8) is 0 Å². The van der Waals surface area contributed by atoms with Gasteiger partial charge in [-0.1, -0.05) is 0 Å². The van der Waals surface area contributed by atoms with Crippen molar-refractivity contribution in [2.45, 2.75) is 19.6 Å². The van der Waals surface area contributed by atoms with Crippen LogP contribution >= 0.6 is 0 Å². The Morgan fingerprint density at radius 2 is 1.90 bits per heavy atom. The zero-order chi connectivity index (χ0) is 22.3. The minimum atomic E-state index is -0.801. The number of anilines is 1. The topological polar surface area (TPSA) is 106 Å². The van der Waals surface area contributed by atoms with Crippen LogP contribution in [0.5, 0.6) is 23.0 Å². The highest BCUT2D eigenvalue weighted by Crippen LogP contribution is 2.36. The van der Waals surface area contributed by atoms with Crippen molar-refractivity contribution >= 4 is 17.6 Å². The first-order valence-electron chi connectivity index (χ1n) is 9.56. The average Bonchev–Trinajstić information content (AvgIpc) is 3.10. The lowest BCUT2D eigenvalue weighted by molar-refractivity contribution is -0.0366. The fraction of sp³-hybridized carbons (Fsp3) is 0.227. The summed E-state index contributed by atoms with van der Waals surface area (Å²) in [6.07, 6.45) is 1.70. The predicted molar refractivity (Wildman–Crippen MR) is 113 cm³/mol. The number of carbonyl (C=O) groups excluding carboxylic acids is 2. The molecular weight excluding hydrogens is 400 g/mol. The molecule has 31 heavy (non-hydrogen) atoms. The number of aromatic nitrogens is 2. The summed E-state index contributed by atoms with van der Waals surface area (Å²) in [5.41, 5.74) is -0.168. The van der Waals surface area contributed by atoms with Crippen LogP contribution in [0.3, 0.4) is 0 Å². The summed E-state index contributed by atoms with van der Waals surface area (Å²) in [5, 5.41) is 16.8. The molecule has 1 aliphatic rings. The zero-order valence-electron chi connectivity index (χ0n) is 17.5. The number of aryl methyl sites for hydroxylation is 1. The highest BCUT2D eigenvalue weighted by Gasteiger charge is 2.37. The third kappa shape index (κ3) is 4.02. The number of phenols is 1. The lowest BCUT2D eigenvalue weighted by Gasteiger charge is -2.40. The van der Waals surface area contributed by atoms with Crippen molar-refractivity contribution < 1.29 is 24.2 Å². The Kier molecular flexibility index (Phi) is 4.81. The number of phenolic OH excluding ortho intramolecular Hbond substituents is 1. The molecule has 0 spiro atoms. The lowest BCUT2D eigenvalue weighted by atomic mass is 10.1. The van der Waals surface area contributed by atoms with Gasteiger partial charge in [0.25, 0.3) is 11.8 Å². The van der Waals surface area contributed by atoms with E-state index in [-0.39, 0.29) is 23.0 Å². The number of fused-ring (bicyclic) bond motifs is 1. The van der Waals surface area contributed by atoms with Crippen LogP contribution in [-0.2, 0) is 7.05 Å². The van der Waals surface area contributed by atoms with Crippen LogP contribution in [0.25, 0.3) is 0 Å². The number of rotatable bonds is 4. The van der Waals surface area contributed by atoms with E-state index in [9.17, 15) is 14.7 Å². The quantitative estimate of drug-likeness (QED) is 0.668. The van der Waals surface area contributed by atoms with E-state index in [0.717, 1.165) is 0 Å². The van der Waals surface area contributed by atoms with Crippen LogP contribution in [0.1, 0.15) is 34.6 Å². The van der Waals surface area contributed by atoms with Gasteiger partial charge in [-0.05, 0) is 38.1 Å². The maximum atomic E-state index is 12.5. The summed E-state index contributed by atoms with van der Waals surface area (Å²) in [6.45, 7) is 3.59. The summed E-state index contributed by atoms with van der Waals surface area (Å²) in [6, 6.07) is 10.7. The molecule has 0 radical (unpaired) electrons. The summed E-state index contributed by atoms with van der Waals surface area (Å²) in [4.78, 5) is 26.6. The molecule has 2 heterocycles. The van der Waals surface area contributed by atoms with Crippen molar-refractivity contribution in [2.75, 3.05) is 12.4 Å². The molecule has 0 saturated carbocycles. The number of ether oxygens (including phenoxy) is 2. The van der Waals surface area contributed by atoms with Crippen LogP contribution in [0.15, 0.2) is 48.7 Å². The van der Waals surface area contributed by atoms with Gasteiger partial charge in [0.1, 0.15) is 23.0 Å². The van der Waals surface area contributed by atoms with Crippen molar-refractivity contribution in [1.29, 1.82) is 0 Å². The van der Waals surface area contributed by atoms with E-state index < -0.39 is 11.6 Å². The van der Waals surface area contributed by atoms with Gasteiger partial charge in [-0.25, -0.2) is 0 Å². The molecule has 0 unspecified atom stereocenters. The first-order chi connectivity index (χ1) is 14.6. The Hall–Kier alpha value is -4.01. The Morgan fingerprint density at radius 1 is 1.13 bits per heavy atom. The van der Waals surface area contributed by atoms with Crippen molar-refractivity contribution in [3.8, 4) is 23.0 Å². The molecule has 2 aromatic carbocycles. The van der Waals surface area contributed by atoms with E-state index in [1.807, 2.05) is 0 Å². The first kappa shape index (κ1) is 20.3. The number of aromatic hydroxyl groups is 1. The molecule has 3 aromatic rings. The van der Waals surface area contributed by atoms with Gasteiger partial charge >= 0.3 is 0 Å². The number of hydrogen-bond acceptors (Lipinski definition) is 6. The van der Waals surface area contributed by atoms with E-state index in [1.165, 1.54) is 23.1 Å². The number of amides is 2. The average molecular weight is 422 g/mol. The molecule has 1 aliphatic heterocycles. The Balaban J connectivity index is 1.57. The minimum Gasteiger partial charge on any atom is -0.508 e. The molecule has 0 aliphatic carbocycles. The van der Waals surface area contributed by atoms with Crippen LogP contribution in [0.4, 0.5) is 5.82 Å². The summed E-state index contributed by atoms with van der Waals surface area (Å²) in [5.74, 6) is 0.725. The van der Waals surface area contributed by atoms with Gasteiger partial charge < -0.3 is 24.8 Å². The first-order valence-corrected chi connectivity index (χ1v) is 9.56. The molecule has 0 atom stereocenters. The Morgan fingerprint density at radius 3 is 2.61 bits per heavy atom. The van der Waals surface area contributed by atoms with Gasteiger partial charge in [0.2, 0.25) is 0 Å². The lowest BCUT2D eigenvalue weighted by Crippen LogP contribution is -2.52. The third-order valence-electron chi connectivity index (χ3n) is 5.00. The van der Waals surface area contributed by atoms with Crippen LogP contribution < -0.4 is 14.8 Å². The number of nitrogens with zero attached hydrogens (tertiary/aromatic N) is 3. The number of carbonyl (C=O) groups is 2. The summed E-state index contributed by atoms with van der Waals surface area (Å²) in [7, 11) is 3.42. The second-order valence-corrected chi connectivity index (χ2v) is 7.72. The molecule has 9 nitrogen and oxygen atoms in total. The van der Waals surface area contributed by atoms with Gasteiger partial charge in [0.15, 0.2) is 11.5 Å². The normalized spacial score (nSPS) is 14.6. The van der Waals surface area contributed by atoms with Crippen molar-refractivity contribution in [2.24, 2.45) is 7.05 Å². The molecule has 0 fully saturated rings. The van der Waals surface area contributed by atoms with E-state index in [2.05, 4.69) is 10.4 Å². The van der Waals surface area contributed by atoms with E-state index in [1.54, 1.807) is 63.1 Å². The van der Waals surface area contributed by atoms with Crippen molar-refractivity contribution in [1.82, 2.24) is 14.7 Å². The smallest absolute Gasteiger partial charge is 0.260 e. The summed E-state index contributed by atoms with van der Waals surface area (Å²) >= 11 is 0. The molecule has 0 saturated heterocycles. The molecule has 2 N–H and O–H groups in total. The van der Waals surface area contributed by atoms with Crippen LogP contribution in [0, 0.1) is 0 Å².